The Labute approximate surface area is 162 Å². The molecule has 0 bridgehead atoms. The third-order valence-corrected chi connectivity index (χ3v) is 4.83. The molecule has 2 amide bonds. The predicted molar refractivity (Wildman–Crippen MR) is 93.1 cm³/mol. The van der Waals surface area contributed by atoms with Crippen LogP contribution in [0, 0.1) is 11.7 Å². The second kappa shape index (κ2) is 7.38. The first-order valence-corrected chi connectivity index (χ1v) is 8.50. The van der Waals surface area contributed by atoms with E-state index in [-0.39, 0.29) is 12.2 Å². The minimum Gasteiger partial charge on any atom is -0.344 e. The van der Waals surface area contributed by atoms with Crippen LogP contribution in [-0.4, -0.2) is 35.3 Å². The second-order valence-corrected chi connectivity index (χ2v) is 6.73. The number of carbonyl (C=O) groups is 2. The average molecular weight is 416 g/mol. The number of pyridine rings is 1. The number of aromatic nitrogens is 1. The zero-order valence-electron chi connectivity index (χ0n) is 14.4. The lowest BCUT2D eigenvalue weighted by Crippen LogP contribution is -2.33. The van der Waals surface area contributed by atoms with E-state index in [0.717, 1.165) is 12.1 Å². The Hall–Kier alpha value is -2.68. The molecule has 0 radical (unpaired) electrons. The maximum atomic E-state index is 14.0. The van der Waals surface area contributed by atoms with Gasteiger partial charge in [-0.3, -0.25) is 9.59 Å². The van der Waals surface area contributed by atoms with E-state index in [0.29, 0.717) is 5.56 Å². The zero-order valence-corrected chi connectivity index (χ0v) is 15.2. The van der Waals surface area contributed by atoms with Gasteiger partial charge in [0.15, 0.2) is 11.0 Å². The van der Waals surface area contributed by atoms with Gasteiger partial charge in [-0.15, -0.1) is 0 Å². The summed E-state index contributed by atoms with van der Waals surface area (Å²) >= 11 is 5.58. The summed E-state index contributed by atoms with van der Waals surface area (Å²) in [7, 11) is 1.48. The molecule has 2 heterocycles. The highest BCUT2D eigenvalue weighted by molar-refractivity contribution is 6.29. The van der Waals surface area contributed by atoms with E-state index in [4.69, 9.17) is 11.6 Å². The number of amides is 2. The van der Waals surface area contributed by atoms with Gasteiger partial charge >= 0.3 is 6.18 Å². The van der Waals surface area contributed by atoms with Crippen molar-refractivity contribution in [3.63, 3.8) is 0 Å². The summed E-state index contributed by atoms with van der Waals surface area (Å²) in [5.41, 5.74) is -0.666. The molecule has 0 spiro atoms. The van der Waals surface area contributed by atoms with E-state index in [1.54, 1.807) is 0 Å². The molecule has 1 N–H and O–H groups in total. The van der Waals surface area contributed by atoms with Crippen LogP contribution in [0.4, 0.5) is 23.2 Å². The maximum absolute atomic E-state index is 14.0. The molecule has 2 atom stereocenters. The molecule has 0 unspecified atom stereocenters. The summed E-state index contributed by atoms with van der Waals surface area (Å²) in [4.78, 5) is 30.0. The van der Waals surface area contributed by atoms with Crippen LogP contribution in [-0.2, 0) is 15.8 Å². The van der Waals surface area contributed by atoms with Gasteiger partial charge in [0.1, 0.15) is 5.92 Å². The molecule has 0 aliphatic carbocycles. The highest BCUT2D eigenvalue weighted by Crippen LogP contribution is 2.36. The third-order valence-electron chi connectivity index (χ3n) is 4.57. The van der Waals surface area contributed by atoms with Crippen molar-refractivity contribution in [3.8, 4) is 0 Å². The number of likely N-dealkylation sites (tertiary alicyclic amines) is 1. The molecule has 2 aromatic rings. The molecule has 1 aliphatic rings. The Morgan fingerprint density at radius 3 is 2.50 bits per heavy atom. The summed E-state index contributed by atoms with van der Waals surface area (Å²) in [5, 5.41) is 1.88. The summed E-state index contributed by atoms with van der Waals surface area (Å²) in [6.45, 7) is 0.141. The number of halogens is 5. The Kier molecular flexibility index (Phi) is 5.29. The van der Waals surface area contributed by atoms with Crippen LogP contribution < -0.4 is 5.32 Å². The largest absolute Gasteiger partial charge is 0.416 e. The van der Waals surface area contributed by atoms with Gasteiger partial charge in [0.2, 0.25) is 11.8 Å². The lowest BCUT2D eigenvalue weighted by atomic mass is 9.87. The lowest BCUT2D eigenvalue weighted by Gasteiger charge is -2.18. The highest BCUT2D eigenvalue weighted by atomic mass is 35.5. The van der Waals surface area contributed by atoms with Gasteiger partial charge < -0.3 is 10.2 Å². The molecule has 1 aromatic carbocycles. The van der Waals surface area contributed by atoms with Crippen LogP contribution >= 0.6 is 11.6 Å². The van der Waals surface area contributed by atoms with Crippen molar-refractivity contribution < 1.29 is 27.2 Å². The van der Waals surface area contributed by atoms with Gasteiger partial charge in [-0.05, 0) is 23.8 Å². The molecule has 1 aliphatic heterocycles. The summed E-state index contributed by atoms with van der Waals surface area (Å²) in [6.07, 6.45) is -3.30. The van der Waals surface area contributed by atoms with Crippen molar-refractivity contribution in [2.45, 2.75) is 12.1 Å². The molecule has 0 saturated carbocycles. The second-order valence-electron chi connectivity index (χ2n) is 6.38. The first-order chi connectivity index (χ1) is 13.1. The summed E-state index contributed by atoms with van der Waals surface area (Å²) in [5.74, 6) is -4.13. The molecular weight excluding hydrogens is 402 g/mol. The number of nitrogens with one attached hydrogen (secondary N) is 1. The monoisotopic (exact) mass is 415 g/mol. The number of carbonyl (C=O) groups excluding carboxylic acids is 2. The number of hydrogen-bond acceptors (Lipinski definition) is 3. The first-order valence-electron chi connectivity index (χ1n) is 8.12. The zero-order chi connectivity index (χ0) is 20.6. The van der Waals surface area contributed by atoms with Crippen LogP contribution in [0.25, 0.3) is 0 Å². The molecule has 28 heavy (non-hydrogen) atoms. The van der Waals surface area contributed by atoms with Gasteiger partial charge in [0, 0.05) is 25.7 Å². The minimum atomic E-state index is -4.49. The average Bonchev–Trinajstić information content (AvgIpc) is 2.93. The minimum absolute atomic E-state index is 0.141. The SMILES string of the molecule is CN1C[C@@H](c2ccc(C(F)(F)F)cc2)[C@H](C(=O)Nc2ccnc(Cl)c2F)C1=O. The van der Waals surface area contributed by atoms with Gasteiger partial charge in [-0.1, -0.05) is 23.7 Å². The lowest BCUT2D eigenvalue weighted by molar-refractivity contribution is -0.138. The van der Waals surface area contributed by atoms with Crippen LogP contribution in [0.5, 0.6) is 0 Å². The molecule has 1 saturated heterocycles. The maximum Gasteiger partial charge on any atom is 0.416 e. The van der Waals surface area contributed by atoms with E-state index < -0.39 is 46.4 Å². The van der Waals surface area contributed by atoms with Crippen LogP contribution in [0.1, 0.15) is 17.0 Å². The number of hydrogen-bond donors (Lipinski definition) is 1. The number of rotatable bonds is 3. The fraction of sp³-hybridized carbons (Fsp3) is 0.278. The van der Waals surface area contributed by atoms with Crippen LogP contribution in [0.3, 0.4) is 0 Å². The van der Waals surface area contributed by atoms with Crippen LogP contribution in [0.15, 0.2) is 36.5 Å². The molecule has 1 aromatic heterocycles. The smallest absolute Gasteiger partial charge is 0.344 e. The fourth-order valence-corrected chi connectivity index (χ4v) is 3.30. The van der Waals surface area contributed by atoms with Crippen molar-refractivity contribution in [1.82, 2.24) is 9.88 Å². The molecule has 10 heteroatoms. The number of anilines is 1. The fourth-order valence-electron chi connectivity index (χ4n) is 3.14. The Morgan fingerprint density at radius 2 is 1.89 bits per heavy atom. The van der Waals surface area contributed by atoms with Gasteiger partial charge in [0.05, 0.1) is 11.3 Å². The molecule has 3 rings (SSSR count). The topological polar surface area (TPSA) is 62.3 Å². The Bertz CT molecular complexity index is 918. The van der Waals surface area contributed by atoms with Crippen molar-refractivity contribution in [1.29, 1.82) is 0 Å². The van der Waals surface area contributed by atoms with Gasteiger partial charge in [0.25, 0.3) is 0 Å². The quantitative estimate of drug-likeness (QED) is 0.472. The van der Waals surface area contributed by atoms with Gasteiger partial charge in [-0.2, -0.15) is 13.2 Å². The molecule has 1 fully saturated rings. The van der Waals surface area contributed by atoms with Crippen molar-refractivity contribution in [2.75, 3.05) is 18.9 Å². The predicted octanol–water partition coefficient (Wildman–Crippen LogP) is 3.70. The molecule has 5 nitrogen and oxygen atoms in total. The molecule has 148 valence electrons. The number of benzene rings is 1. The number of likely N-dealkylation sites (N-methyl/N-ethyl adjacent to an activating group) is 1. The normalized spacial score (nSPS) is 19.8. The standard InChI is InChI=1S/C18H14ClF4N3O2/c1-26-8-11(9-2-4-10(5-3-9)18(21,22)23)13(17(26)28)16(27)25-12-6-7-24-15(19)14(12)20/h2-7,11,13H,8H2,1H3,(H,24,25,27)/t11-,13+/m0/s1. The van der Waals surface area contributed by atoms with Crippen LogP contribution in [0.2, 0.25) is 5.15 Å². The van der Waals surface area contributed by atoms with Crippen molar-refractivity contribution in [3.05, 3.63) is 58.6 Å². The van der Waals surface area contributed by atoms with Crippen molar-refractivity contribution in [2.24, 2.45) is 5.92 Å². The number of alkyl halides is 3. The van der Waals surface area contributed by atoms with E-state index in [9.17, 15) is 27.2 Å². The highest BCUT2D eigenvalue weighted by Gasteiger charge is 2.44. The van der Waals surface area contributed by atoms with Crippen molar-refractivity contribution >= 4 is 29.1 Å². The summed E-state index contributed by atoms with van der Waals surface area (Å²) in [6, 6.07) is 5.47. The van der Waals surface area contributed by atoms with E-state index in [2.05, 4.69) is 10.3 Å². The van der Waals surface area contributed by atoms with E-state index in [1.165, 1.54) is 36.3 Å². The Morgan fingerprint density at radius 1 is 1.25 bits per heavy atom. The molecular formula is C18H14ClF4N3O2. The first kappa shape index (κ1) is 20.1. The van der Waals surface area contributed by atoms with E-state index >= 15 is 0 Å². The number of nitrogens with zero attached hydrogens (tertiary/aromatic N) is 2. The third kappa shape index (κ3) is 3.80. The Balaban J connectivity index is 1.88. The van der Waals surface area contributed by atoms with E-state index in [1.807, 2.05) is 0 Å². The van der Waals surface area contributed by atoms with Gasteiger partial charge in [-0.25, -0.2) is 9.37 Å². The summed E-state index contributed by atoms with van der Waals surface area (Å²) < 4.78 is 52.3.